The number of hydrogen-bond acceptors (Lipinski definition) is 4. The SMILES string of the molecule is O=C(NCc1cccnc1)N1CCN(CC2CC2)c2ncccc2C1. The number of carbonyl (C=O) groups is 1. The van der Waals surface area contributed by atoms with Gasteiger partial charge in [-0.2, -0.15) is 0 Å². The van der Waals surface area contributed by atoms with E-state index in [1.807, 2.05) is 29.3 Å². The Bertz CT molecular complexity index is 732. The van der Waals surface area contributed by atoms with Gasteiger partial charge in [-0.15, -0.1) is 0 Å². The van der Waals surface area contributed by atoms with Crippen LogP contribution in [-0.4, -0.2) is 40.5 Å². The molecule has 0 bridgehead atoms. The first-order valence-electron chi connectivity index (χ1n) is 8.90. The van der Waals surface area contributed by atoms with Crippen molar-refractivity contribution in [3.63, 3.8) is 0 Å². The predicted molar refractivity (Wildman–Crippen MR) is 96.1 cm³/mol. The molecule has 0 atom stereocenters. The summed E-state index contributed by atoms with van der Waals surface area (Å²) >= 11 is 0. The van der Waals surface area contributed by atoms with Crippen LogP contribution < -0.4 is 10.2 Å². The number of urea groups is 1. The summed E-state index contributed by atoms with van der Waals surface area (Å²) in [6, 6.07) is 7.84. The molecule has 0 aromatic carbocycles. The Morgan fingerprint density at radius 3 is 2.88 bits per heavy atom. The van der Waals surface area contributed by atoms with Crippen LogP contribution in [0.3, 0.4) is 0 Å². The van der Waals surface area contributed by atoms with Gasteiger partial charge in [0.1, 0.15) is 5.82 Å². The summed E-state index contributed by atoms with van der Waals surface area (Å²) in [6.45, 7) is 3.69. The Hall–Kier alpha value is -2.63. The maximum atomic E-state index is 12.6. The molecule has 1 N–H and O–H groups in total. The number of fused-ring (bicyclic) bond motifs is 1. The topological polar surface area (TPSA) is 61.4 Å². The van der Waals surface area contributed by atoms with Crippen molar-refractivity contribution in [3.8, 4) is 0 Å². The molecule has 2 amide bonds. The van der Waals surface area contributed by atoms with Crippen LogP contribution in [0.5, 0.6) is 0 Å². The van der Waals surface area contributed by atoms with Crippen molar-refractivity contribution >= 4 is 11.8 Å². The van der Waals surface area contributed by atoms with Gasteiger partial charge in [-0.1, -0.05) is 12.1 Å². The highest BCUT2D eigenvalue weighted by molar-refractivity contribution is 5.74. The molecule has 2 aromatic heterocycles. The largest absolute Gasteiger partial charge is 0.354 e. The van der Waals surface area contributed by atoms with E-state index in [1.165, 1.54) is 12.8 Å². The van der Waals surface area contributed by atoms with E-state index in [2.05, 4.69) is 26.3 Å². The standard InChI is InChI=1S/C19H23N5O/c25-19(22-12-16-3-1-7-20-11-16)24-10-9-23(13-15-5-6-15)18-17(14-24)4-2-8-21-18/h1-4,7-8,11,15H,5-6,9-10,12-14H2,(H,22,25). The highest BCUT2D eigenvalue weighted by Crippen LogP contribution is 2.32. The van der Waals surface area contributed by atoms with Crippen LogP contribution in [0.4, 0.5) is 10.6 Å². The smallest absolute Gasteiger partial charge is 0.318 e. The Balaban J connectivity index is 1.44. The Morgan fingerprint density at radius 2 is 2.08 bits per heavy atom. The zero-order valence-electron chi connectivity index (χ0n) is 14.3. The fourth-order valence-corrected chi connectivity index (χ4v) is 3.23. The summed E-state index contributed by atoms with van der Waals surface area (Å²) in [5.41, 5.74) is 2.13. The zero-order valence-corrected chi connectivity index (χ0v) is 14.3. The molecule has 0 unspecified atom stereocenters. The maximum absolute atomic E-state index is 12.6. The molecule has 1 aliphatic carbocycles. The molecule has 0 radical (unpaired) electrons. The second-order valence-corrected chi connectivity index (χ2v) is 6.82. The van der Waals surface area contributed by atoms with Crippen molar-refractivity contribution in [2.75, 3.05) is 24.5 Å². The van der Waals surface area contributed by atoms with Gasteiger partial charge in [-0.05, 0) is 36.5 Å². The van der Waals surface area contributed by atoms with Crippen LogP contribution in [-0.2, 0) is 13.1 Å². The van der Waals surface area contributed by atoms with Crippen LogP contribution in [0.1, 0.15) is 24.0 Å². The van der Waals surface area contributed by atoms with Crippen LogP contribution in [0, 0.1) is 5.92 Å². The lowest BCUT2D eigenvalue weighted by Crippen LogP contribution is -2.41. The third kappa shape index (κ3) is 3.90. The second kappa shape index (κ2) is 7.09. The van der Waals surface area contributed by atoms with Crippen LogP contribution in [0.2, 0.25) is 0 Å². The lowest BCUT2D eigenvalue weighted by molar-refractivity contribution is 0.197. The van der Waals surface area contributed by atoms with Crippen LogP contribution in [0.15, 0.2) is 42.9 Å². The second-order valence-electron chi connectivity index (χ2n) is 6.82. The van der Waals surface area contributed by atoms with Crippen molar-refractivity contribution < 1.29 is 4.79 Å². The lowest BCUT2D eigenvalue weighted by atomic mass is 10.2. The van der Waals surface area contributed by atoms with Crippen molar-refractivity contribution in [2.24, 2.45) is 5.92 Å². The first-order chi connectivity index (χ1) is 12.3. The highest BCUT2D eigenvalue weighted by atomic mass is 16.2. The molecule has 6 heteroatoms. The molecule has 6 nitrogen and oxygen atoms in total. The summed E-state index contributed by atoms with van der Waals surface area (Å²) < 4.78 is 0. The van der Waals surface area contributed by atoms with Gasteiger partial charge < -0.3 is 15.1 Å². The van der Waals surface area contributed by atoms with Gasteiger partial charge in [0.15, 0.2) is 0 Å². The maximum Gasteiger partial charge on any atom is 0.318 e. The van der Waals surface area contributed by atoms with Crippen molar-refractivity contribution in [1.29, 1.82) is 0 Å². The fraction of sp³-hybridized carbons (Fsp3) is 0.421. The van der Waals surface area contributed by atoms with E-state index in [9.17, 15) is 4.79 Å². The Labute approximate surface area is 147 Å². The normalized spacial score (nSPS) is 17.0. The minimum Gasteiger partial charge on any atom is -0.354 e. The third-order valence-electron chi connectivity index (χ3n) is 4.80. The number of pyridine rings is 2. The number of hydrogen-bond donors (Lipinski definition) is 1. The third-order valence-corrected chi connectivity index (χ3v) is 4.80. The van der Waals surface area contributed by atoms with Gasteiger partial charge in [0.2, 0.25) is 0 Å². The highest BCUT2D eigenvalue weighted by Gasteiger charge is 2.29. The monoisotopic (exact) mass is 337 g/mol. The van der Waals surface area contributed by atoms with Crippen LogP contribution >= 0.6 is 0 Å². The number of amides is 2. The van der Waals surface area contributed by atoms with Gasteiger partial charge in [-0.3, -0.25) is 4.98 Å². The van der Waals surface area contributed by atoms with Crippen molar-refractivity contribution in [2.45, 2.75) is 25.9 Å². The average Bonchev–Trinajstić information content (AvgIpc) is 3.48. The minimum absolute atomic E-state index is 0.0353. The Morgan fingerprint density at radius 1 is 1.20 bits per heavy atom. The Kier molecular flexibility index (Phi) is 4.50. The molecule has 1 aliphatic heterocycles. The van der Waals surface area contributed by atoms with E-state index < -0.39 is 0 Å². The summed E-state index contributed by atoms with van der Waals surface area (Å²) in [5.74, 6) is 1.83. The molecule has 2 aromatic rings. The summed E-state index contributed by atoms with van der Waals surface area (Å²) in [6.07, 6.45) is 7.98. The van der Waals surface area contributed by atoms with Gasteiger partial charge in [0.25, 0.3) is 0 Å². The van der Waals surface area contributed by atoms with Gasteiger partial charge in [0.05, 0.1) is 6.54 Å². The summed E-state index contributed by atoms with van der Waals surface area (Å²) in [7, 11) is 0. The predicted octanol–water partition coefficient (Wildman–Crippen LogP) is 2.42. The molecule has 25 heavy (non-hydrogen) atoms. The molecule has 1 saturated carbocycles. The number of carbonyl (C=O) groups excluding carboxylic acids is 1. The number of anilines is 1. The lowest BCUT2D eigenvalue weighted by Gasteiger charge is -2.24. The van der Waals surface area contributed by atoms with Crippen molar-refractivity contribution in [3.05, 3.63) is 54.0 Å². The van der Waals surface area contributed by atoms with E-state index in [-0.39, 0.29) is 6.03 Å². The fourth-order valence-electron chi connectivity index (χ4n) is 3.23. The van der Waals surface area contributed by atoms with Gasteiger partial charge >= 0.3 is 6.03 Å². The van der Waals surface area contributed by atoms with Gasteiger partial charge in [-0.25, -0.2) is 9.78 Å². The van der Waals surface area contributed by atoms with Crippen LogP contribution in [0.25, 0.3) is 0 Å². The van der Waals surface area contributed by atoms with E-state index in [0.717, 1.165) is 36.0 Å². The molecule has 0 saturated heterocycles. The first-order valence-corrected chi connectivity index (χ1v) is 8.90. The number of nitrogens with zero attached hydrogens (tertiary/aromatic N) is 4. The van der Waals surface area contributed by atoms with Crippen molar-refractivity contribution in [1.82, 2.24) is 20.2 Å². The van der Waals surface area contributed by atoms with E-state index in [4.69, 9.17) is 0 Å². The molecule has 130 valence electrons. The zero-order chi connectivity index (χ0) is 17.1. The number of nitrogens with one attached hydrogen (secondary N) is 1. The average molecular weight is 337 g/mol. The van der Waals surface area contributed by atoms with Gasteiger partial charge in [0, 0.05) is 50.3 Å². The van der Waals surface area contributed by atoms with E-state index in [1.54, 1.807) is 12.4 Å². The molecule has 1 fully saturated rings. The minimum atomic E-state index is -0.0353. The first kappa shape index (κ1) is 15.9. The molecule has 3 heterocycles. The molecule has 2 aliphatic rings. The van der Waals surface area contributed by atoms with E-state index in [0.29, 0.717) is 19.6 Å². The molecule has 0 spiro atoms. The van der Waals surface area contributed by atoms with E-state index >= 15 is 0 Å². The summed E-state index contributed by atoms with van der Waals surface area (Å²) in [5, 5.41) is 3.00. The molecular weight excluding hydrogens is 314 g/mol. The summed E-state index contributed by atoms with van der Waals surface area (Å²) in [4.78, 5) is 25.5. The number of aromatic nitrogens is 2. The number of rotatable bonds is 4. The molecular formula is C19H23N5O. The quantitative estimate of drug-likeness (QED) is 0.931. The molecule has 4 rings (SSSR count).